The smallest absolute Gasteiger partial charge is 0.416 e. The van der Waals surface area contributed by atoms with Crippen LogP contribution in [0.25, 0.3) is 0 Å². The van der Waals surface area contributed by atoms with Crippen molar-refractivity contribution in [3.05, 3.63) is 65.5 Å². The zero-order valence-electron chi connectivity index (χ0n) is 15.0. The SMILES string of the molecule is C=C/C=C(C1=Nc2cc(C(F)(F)F)ccc2C1)\C(=C/CC)OCC(C)(F)F. The second kappa shape index (κ2) is 8.06. The van der Waals surface area contributed by atoms with Gasteiger partial charge in [0.1, 0.15) is 5.76 Å². The van der Waals surface area contributed by atoms with Gasteiger partial charge >= 0.3 is 6.18 Å². The highest BCUT2D eigenvalue weighted by molar-refractivity contribution is 6.09. The summed E-state index contributed by atoms with van der Waals surface area (Å²) in [5.74, 6) is -2.81. The number of alkyl halides is 5. The van der Waals surface area contributed by atoms with Gasteiger partial charge in [0.25, 0.3) is 5.92 Å². The molecule has 1 aromatic carbocycles. The van der Waals surface area contributed by atoms with Crippen molar-refractivity contribution in [2.45, 2.75) is 38.8 Å². The van der Waals surface area contributed by atoms with Crippen molar-refractivity contribution in [1.29, 1.82) is 0 Å². The van der Waals surface area contributed by atoms with Crippen LogP contribution in [0, 0.1) is 0 Å². The summed E-state index contributed by atoms with van der Waals surface area (Å²) in [5.41, 5.74) is 0.937. The second-order valence-electron chi connectivity index (χ2n) is 6.23. The van der Waals surface area contributed by atoms with Crippen LogP contribution < -0.4 is 0 Å². The van der Waals surface area contributed by atoms with E-state index in [1.807, 2.05) is 6.92 Å². The summed E-state index contributed by atoms with van der Waals surface area (Å²) in [5, 5.41) is 0. The highest BCUT2D eigenvalue weighted by Crippen LogP contribution is 2.37. The maximum absolute atomic E-state index is 13.2. The molecule has 0 saturated heterocycles. The van der Waals surface area contributed by atoms with Crippen molar-refractivity contribution in [1.82, 2.24) is 0 Å². The van der Waals surface area contributed by atoms with E-state index < -0.39 is 24.3 Å². The number of hydrogen-bond donors (Lipinski definition) is 0. The van der Waals surface area contributed by atoms with E-state index in [0.29, 0.717) is 23.3 Å². The lowest BCUT2D eigenvalue weighted by Crippen LogP contribution is -2.20. The summed E-state index contributed by atoms with van der Waals surface area (Å²) in [6.07, 6.45) is 0.991. The zero-order chi connectivity index (χ0) is 20.2. The van der Waals surface area contributed by atoms with Gasteiger partial charge in [0, 0.05) is 18.9 Å². The standard InChI is InChI=1S/C20H20F5NO/c1-4-6-15(18(7-5-2)27-12-19(3,21)22)17-10-13-8-9-14(20(23,24)25)11-16(13)26-17/h4,6-9,11H,1,5,10,12H2,2-3H3/b15-6-,18-7+. The van der Waals surface area contributed by atoms with Crippen LogP contribution in [-0.2, 0) is 17.3 Å². The number of aliphatic imine (C=N–C) groups is 1. The summed E-state index contributed by atoms with van der Waals surface area (Å²) in [6, 6.07) is 3.37. The minimum Gasteiger partial charge on any atom is -0.487 e. The van der Waals surface area contributed by atoms with Gasteiger partial charge in [-0.15, -0.1) is 0 Å². The summed E-state index contributed by atoms with van der Waals surface area (Å²) < 4.78 is 70.4. The molecule has 2 nitrogen and oxygen atoms in total. The molecule has 0 aromatic heterocycles. The Morgan fingerprint density at radius 2 is 1.96 bits per heavy atom. The highest BCUT2D eigenvalue weighted by atomic mass is 19.4. The fourth-order valence-electron chi connectivity index (χ4n) is 2.59. The number of ether oxygens (including phenoxy) is 1. The van der Waals surface area contributed by atoms with Gasteiger partial charge in [0.15, 0.2) is 6.61 Å². The number of rotatable bonds is 7. The van der Waals surface area contributed by atoms with Gasteiger partial charge in [-0.3, -0.25) is 4.99 Å². The Morgan fingerprint density at radius 1 is 1.26 bits per heavy atom. The predicted molar refractivity (Wildman–Crippen MR) is 95.5 cm³/mol. The van der Waals surface area contributed by atoms with Gasteiger partial charge < -0.3 is 4.74 Å². The first kappa shape index (κ1) is 20.9. The van der Waals surface area contributed by atoms with Crippen LogP contribution in [0.3, 0.4) is 0 Å². The second-order valence-corrected chi connectivity index (χ2v) is 6.23. The largest absolute Gasteiger partial charge is 0.487 e. The van der Waals surface area contributed by atoms with E-state index in [2.05, 4.69) is 11.6 Å². The molecule has 0 radical (unpaired) electrons. The molecule has 0 unspecified atom stereocenters. The molecule has 146 valence electrons. The van der Waals surface area contributed by atoms with Crippen molar-refractivity contribution in [3.8, 4) is 0 Å². The van der Waals surface area contributed by atoms with Crippen molar-refractivity contribution >= 4 is 11.4 Å². The number of nitrogens with zero attached hydrogens (tertiary/aromatic N) is 1. The van der Waals surface area contributed by atoms with Crippen LogP contribution in [-0.4, -0.2) is 18.2 Å². The number of allylic oxidation sites excluding steroid dienone is 4. The molecule has 0 N–H and O–H groups in total. The maximum Gasteiger partial charge on any atom is 0.416 e. The van der Waals surface area contributed by atoms with Crippen LogP contribution in [0.1, 0.15) is 31.4 Å². The van der Waals surface area contributed by atoms with Gasteiger partial charge in [-0.25, -0.2) is 8.78 Å². The van der Waals surface area contributed by atoms with Crippen LogP contribution in [0.4, 0.5) is 27.6 Å². The molecule has 1 aliphatic rings. The van der Waals surface area contributed by atoms with E-state index in [1.165, 1.54) is 12.1 Å². The van der Waals surface area contributed by atoms with Crippen LogP contribution in [0.5, 0.6) is 0 Å². The molecule has 2 rings (SSSR count). The Balaban J connectivity index is 2.37. The lowest BCUT2D eigenvalue weighted by Gasteiger charge is -2.17. The van der Waals surface area contributed by atoms with E-state index in [1.54, 1.807) is 12.2 Å². The fraction of sp³-hybridized carbons (Fsp3) is 0.350. The monoisotopic (exact) mass is 385 g/mol. The summed E-state index contributed by atoms with van der Waals surface area (Å²) >= 11 is 0. The van der Waals surface area contributed by atoms with Crippen molar-refractivity contribution in [3.63, 3.8) is 0 Å². The molecule has 0 aliphatic carbocycles. The molecule has 0 saturated carbocycles. The summed E-state index contributed by atoms with van der Waals surface area (Å²) in [4.78, 5) is 4.28. The third-order valence-corrected chi connectivity index (χ3v) is 3.76. The van der Waals surface area contributed by atoms with Gasteiger partial charge in [-0.2, -0.15) is 13.2 Å². The molecular weight excluding hydrogens is 365 g/mol. The van der Waals surface area contributed by atoms with E-state index in [4.69, 9.17) is 4.74 Å². The normalized spacial score (nSPS) is 15.4. The molecule has 1 aromatic rings. The minimum absolute atomic E-state index is 0.210. The minimum atomic E-state index is -4.46. The molecule has 0 fully saturated rings. The topological polar surface area (TPSA) is 21.6 Å². The Bertz CT molecular complexity index is 798. The molecule has 0 bridgehead atoms. The lowest BCUT2D eigenvalue weighted by atomic mass is 10.0. The molecule has 1 aliphatic heterocycles. The summed E-state index contributed by atoms with van der Waals surface area (Å²) in [6.45, 7) is 5.36. The molecule has 27 heavy (non-hydrogen) atoms. The van der Waals surface area contributed by atoms with Gasteiger partial charge in [0.05, 0.1) is 17.0 Å². The molecule has 0 amide bonds. The Hall–Kier alpha value is -2.44. The van der Waals surface area contributed by atoms with E-state index in [9.17, 15) is 22.0 Å². The third kappa shape index (κ3) is 5.52. The summed E-state index contributed by atoms with van der Waals surface area (Å²) in [7, 11) is 0. The van der Waals surface area contributed by atoms with Gasteiger partial charge in [-0.05, 0) is 30.2 Å². The number of benzene rings is 1. The Kier molecular flexibility index (Phi) is 6.23. The molecular formula is C20H20F5NO. The number of hydrogen-bond acceptors (Lipinski definition) is 2. The van der Waals surface area contributed by atoms with Crippen LogP contribution >= 0.6 is 0 Å². The lowest BCUT2D eigenvalue weighted by molar-refractivity contribution is -0.137. The quantitative estimate of drug-likeness (QED) is 0.302. The third-order valence-electron chi connectivity index (χ3n) is 3.76. The molecule has 0 spiro atoms. The first-order valence-corrected chi connectivity index (χ1v) is 8.37. The van der Waals surface area contributed by atoms with Crippen LogP contribution in [0.2, 0.25) is 0 Å². The zero-order valence-corrected chi connectivity index (χ0v) is 15.0. The van der Waals surface area contributed by atoms with E-state index >= 15 is 0 Å². The molecule has 0 atom stereocenters. The van der Waals surface area contributed by atoms with Gasteiger partial charge in [0.2, 0.25) is 0 Å². The van der Waals surface area contributed by atoms with Crippen molar-refractivity contribution in [2.24, 2.45) is 4.99 Å². The highest BCUT2D eigenvalue weighted by Gasteiger charge is 2.32. The average molecular weight is 385 g/mol. The Morgan fingerprint density at radius 3 is 2.52 bits per heavy atom. The Labute approximate surface area is 154 Å². The molecule has 1 heterocycles. The first-order chi connectivity index (χ1) is 12.5. The first-order valence-electron chi connectivity index (χ1n) is 8.37. The number of fused-ring (bicyclic) bond motifs is 1. The number of halogens is 5. The van der Waals surface area contributed by atoms with Crippen molar-refractivity contribution < 1.29 is 26.7 Å². The van der Waals surface area contributed by atoms with Crippen LogP contribution in [0.15, 0.2) is 59.3 Å². The van der Waals surface area contributed by atoms with E-state index in [0.717, 1.165) is 19.1 Å². The van der Waals surface area contributed by atoms with Gasteiger partial charge in [-0.1, -0.05) is 31.7 Å². The maximum atomic E-state index is 13.2. The fourth-order valence-corrected chi connectivity index (χ4v) is 2.59. The van der Waals surface area contributed by atoms with Crippen molar-refractivity contribution in [2.75, 3.05) is 6.61 Å². The van der Waals surface area contributed by atoms with E-state index in [-0.39, 0.29) is 17.9 Å². The average Bonchev–Trinajstić information content (AvgIpc) is 2.98. The molecule has 7 heteroatoms. The predicted octanol–water partition coefficient (Wildman–Crippen LogP) is 6.41.